The van der Waals surface area contributed by atoms with Gasteiger partial charge in [-0.05, 0) is 56.1 Å². The first-order valence-corrected chi connectivity index (χ1v) is 8.32. The number of fused-ring (bicyclic) bond motifs is 1. The van der Waals surface area contributed by atoms with E-state index in [4.69, 9.17) is 0 Å². The zero-order valence-electron chi connectivity index (χ0n) is 12.6. The second-order valence-electron chi connectivity index (χ2n) is 5.60. The second-order valence-corrected chi connectivity index (χ2v) is 6.45. The third-order valence-corrected chi connectivity index (χ3v) is 4.99. The quantitative estimate of drug-likeness (QED) is 0.858. The lowest BCUT2D eigenvalue weighted by Crippen LogP contribution is -2.24. The Balaban J connectivity index is 1.97. The summed E-state index contributed by atoms with van der Waals surface area (Å²) in [5.41, 5.74) is 5.37. The fourth-order valence-electron chi connectivity index (χ4n) is 2.99. The molecule has 0 aliphatic carbocycles. The van der Waals surface area contributed by atoms with Crippen molar-refractivity contribution in [3.63, 3.8) is 0 Å². The molecule has 110 valence electrons. The number of benzene rings is 2. The summed E-state index contributed by atoms with van der Waals surface area (Å²) in [5, 5.41) is 3.29. The predicted octanol–water partition coefficient (Wildman–Crippen LogP) is 4.81. The molecule has 0 spiro atoms. The summed E-state index contributed by atoms with van der Waals surface area (Å²) in [4.78, 5) is 2.43. The number of rotatable bonds is 3. The maximum absolute atomic E-state index is 3.73. The molecule has 1 atom stereocenters. The highest BCUT2D eigenvalue weighted by Crippen LogP contribution is 2.36. The van der Waals surface area contributed by atoms with Crippen molar-refractivity contribution in [2.75, 3.05) is 18.5 Å². The van der Waals surface area contributed by atoms with Crippen molar-refractivity contribution < 1.29 is 0 Å². The molecule has 1 aliphatic heterocycles. The summed E-state index contributed by atoms with van der Waals surface area (Å²) >= 11 is 3.73. The maximum Gasteiger partial charge on any atom is 0.0443 e. The van der Waals surface area contributed by atoms with Gasteiger partial charge < -0.3 is 10.2 Å². The Morgan fingerprint density at radius 3 is 2.76 bits per heavy atom. The third-order valence-electron chi connectivity index (χ3n) is 4.31. The second kappa shape index (κ2) is 6.20. The minimum absolute atomic E-state index is 0.349. The molecule has 1 aliphatic rings. The lowest BCUT2D eigenvalue weighted by atomic mass is 10.0. The van der Waals surface area contributed by atoms with Crippen LogP contribution >= 0.6 is 15.9 Å². The van der Waals surface area contributed by atoms with Gasteiger partial charge in [0.05, 0.1) is 0 Å². The van der Waals surface area contributed by atoms with E-state index in [0.717, 1.165) is 6.54 Å². The summed E-state index contributed by atoms with van der Waals surface area (Å²) in [6.07, 6.45) is 2.39. The van der Waals surface area contributed by atoms with Crippen molar-refractivity contribution in [2.45, 2.75) is 25.8 Å². The van der Waals surface area contributed by atoms with Gasteiger partial charge in [-0.15, -0.1) is 0 Å². The summed E-state index contributed by atoms with van der Waals surface area (Å²) in [7, 11) is 1.99. The van der Waals surface area contributed by atoms with Crippen LogP contribution in [-0.4, -0.2) is 13.6 Å². The van der Waals surface area contributed by atoms with Gasteiger partial charge in [-0.1, -0.05) is 40.2 Å². The maximum atomic E-state index is 3.73. The predicted molar refractivity (Wildman–Crippen MR) is 93.4 cm³/mol. The highest BCUT2D eigenvalue weighted by Gasteiger charge is 2.18. The van der Waals surface area contributed by atoms with E-state index >= 15 is 0 Å². The summed E-state index contributed by atoms with van der Waals surface area (Å²) < 4.78 is 1.17. The van der Waals surface area contributed by atoms with Gasteiger partial charge >= 0.3 is 0 Å². The van der Waals surface area contributed by atoms with Crippen molar-refractivity contribution in [1.82, 2.24) is 5.32 Å². The zero-order chi connectivity index (χ0) is 14.8. The molecular formula is C18H21BrN2. The summed E-state index contributed by atoms with van der Waals surface area (Å²) in [6.45, 7) is 3.26. The number of anilines is 2. The Labute approximate surface area is 135 Å². The Hall–Kier alpha value is -1.32. The van der Waals surface area contributed by atoms with Crippen LogP contribution in [0.1, 0.15) is 30.5 Å². The molecule has 0 radical (unpaired) electrons. The number of nitrogens with zero attached hydrogens (tertiary/aromatic N) is 1. The van der Waals surface area contributed by atoms with Gasteiger partial charge in [-0.25, -0.2) is 0 Å². The first kappa shape index (κ1) is 14.6. The molecule has 0 saturated carbocycles. The molecular weight excluding hydrogens is 324 g/mol. The highest BCUT2D eigenvalue weighted by molar-refractivity contribution is 9.10. The van der Waals surface area contributed by atoms with E-state index in [1.807, 2.05) is 7.05 Å². The molecule has 2 nitrogen and oxygen atoms in total. The summed E-state index contributed by atoms with van der Waals surface area (Å²) in [6, 6.07) is 15.8. The van der Waals surface area contributed by atoms with Crippen molar-refractivity contribution in [3.8, 4) is 0 Å². The highest BCUT2D eigenvalue weighted by atomic mass is 79.9. The monoisotopic (exact) mass is 344 g/mol. The average Bonchev–Trinajstić information content (AvgIpc) is 2.53. The van der Waals surface area contributed by atoms with Crippen LogP contribution in [0.5, 0.6) is 0 Å². The van der Waals surface area contributed by atoms with Crippen molar-refractivity contribution in [2.24, 2.45) is 0 Å². The molecule has 0 bridgehead atoms. The number of halogens is 1. The third kappa shape index (κ3) is 2.85. The Bertz CT molecular complexity index is 639. The topological polar surface area (TPSA) is 15.3 Å². The van der Waals surface area contributed by atoms with Crippen molar-refractivity contribution in [1.29, 1.82) is 0 Å². The molecule has 3 rings (SSSR count). The van der Waals surface area contributed by atoms with Gasteiger partial charge in [0.1, 0.15) is 0 Å². The van der Waals surface area contributed by atoms with E-state index in [1.54, 1.807) is 0 Å². The van der Waals surface area contributed by atoms with E-state index < -0.39 is 0 Å². The van der Waals surface area contributed by atoms with E-state index in [9.17, 15) is 0 Å². The van der Waals surface area contributed by atoms with Crippen molar-refractivity contribution >= 4 is 27.3 Å². The van der Waals surface area contributed by atoms with Crippen LogP contribution in [0.3, 0.4) is 0 Å². The number of nitrogens with one attached hydrogen (secondary N) is 1. The first-order chi connectivity index (χ1) is 10.2. The molecule has 0 saturated heterocycles. The minimum atomic E-state index is 0.349. The number of hydrogen-bond acceptors (Lipinski definition) is 2. The number of para-hydroxylation sites is 1. The van der Waals surface area contributed by atoms with Gasteiger partial charge in [0.15, 0.2) is 0 Å². The smallest absolute Gasteiger partial charge is 0.0443 e. The van der Waals surface area contributed by atoms with Gasteiger partial charge in [0, 0.05) is 28.4 Å². The molecule has 2 aromatic carbocycles. The van der Waals surface area contributed by atoms with Crippen LogP contribution in [0.25, 0.3) is 0 Å². The van der Waals surface area contributed by atoms with E-state index in [-0.39, 0.29) is 0 Å². The minimum Gasteiger partial charge on any atom is -0.341 e. The SMILES string of the molecule is CNC(C)c1ccc(N2CCCc3ccccc32)cc1Br. The standard InChI is InChI=1S/C18H21BrN2/c1-13(20-2)16-10-9-15(12-17(16)19)21-11-5-7-14-6-3-4-8-18(14)21/h3-4,6,8-10,12-13,20H,5,7,11H2,1-2H3. The Morgan fingerprint density at radius 1 is 1.19 bits per heavy atom. The van der Waals surface area contributed by atoms with Crippen LogP contribution in [0.4, 0.5) is 11.4 Å². The molecule has 1 heterocycles. The lowest BCUT2D eigenvalue weighted by Gasteiger charge is -2.32. The molecule has 0 aromatic heterocycles. The van der Waals surface area contributed by atoms with Crippen LogP contribution in [0, 0.1) is 0 Å². The average molecular weight is 345 g/mol. The first-order valence-electron chi connectivity index (χ1n) is 7.53. The fourth-order valence-corrected chi connectivity index (χ4v) is 3.70. The Morgan fingerprint density at radius 2 is 2.00 bits per heavy atom. The molecule has 21 heavy (non-hydrogen) atoms. The Kier molecular flexibility index (Phi) is 4.32. The summed E-state index contributed by atoms with van der Waals surface area (Å²) in [5.74, 6) is 0. The van der Waals surface area contributed by atoms with E-state index in [2.05, 4.69) is 75.5 Å². The molecule has 2 aromatic rings. The van der Waals surface area contributed by atoms with E-state index in [1.165, 1.54) is 39.8 Å². The van der Waals surface area contributed by atoms with Crippen LogP contribution in [0.2, 0.25) is 0 Å². The number of hydrogen-bond donors (Lipinski definition) is 1. The van der Waals surface area contributed by atoms with Gasteiger partial charge in [-0.3, -0.25) is 0 Å². The van der Waals surface area contributed by atoms with Crippen LogP contribution < -0.4 is 10.2 Å². The normalized spacial score (nSPS) is 15.7. The molecule has 0 fully saturated rings. The lowest BCUT2D eigenvalue weighted by molar-refractivity contribution is 0.649. The fraction of sp³-hybridized carbons (Fsp3) is 0.333. The molecule has 1 unspecified atom stereocenters. The van der Waals surface area contributed by atoms with Crippen LogP contribution in [0.15, 0.2) is 46.9 Å². The largest absolute Gasteiger partial charge is 0.341 e. The molecule has 3 heteroatoms. The van der Waals surface area contributed by atoms with E-state index in [0.29, 0.717) is 6.04 Å². The van der Waals surface area contributed by atoms with Crippen molar-refractivity contribution in [3.05, 3.63) is 58.1 Å². The zero-order valence-corrected chi connectivity index (χ0v) is 14.2. The number of aryl methyl sites for hydroxylation is 1. The van der Waals surface area contributed by atoms with Crippen LogP contribution in [-0.2, 0) is 6.42 Å². The van der Waals surface area contributed by atoms with Gasteiger partial charge in [0.25, 0.3) is 0 Å². The molecule has 1 N–H and O–H groups in total. The molecule has 0 amide bonds. The van der Waals surface area contributed by atoms with Gasteiger partial charge in [0.2, 0.25) is 0 Å². The van der Waals surface area contributed by atoms with Gasteiger partial charge in [-0.2, -0.15) is 0 Å².